The Morgan fingerprint density at radius 1 is 1.00 bits per heavy atom. The lowest BCUT2D eigenvalue weighted by atomic mass is 9.98. The van der Waals surface area contributed by atoms with Gasteiger partial charge in [-0.15, -0.1) is 0 Å². The van der Waals surface area contributed by atoms with Crippen molar-refractivity contribution in [2.75, 3.05) is 19.7 Å². The Hall–Kier alpha value is -4.03. The molecule has 1 aliphatic rings. The molecule has 1 fully saturated rings. The van der Waals surface area contributed by atoms with E-state index in [1.807, 2.05) is 4.98 Å². The number of unbranched alkanes of at least 4 members (excludes halogenated alkanes) is 1. The maximum Gasteiger partial charge on any atom is 0.407 e. The van der Waals surface area contributed by atoms with E-state index in [0.29, 0.717) is 12.8 Å². The number of ether oxygens (including phenoxy) is 2. The molecule has 2 rings (SSSR count). The van der Waals surface area contributed by atoms with Gasteiger partial charge in [0.2, 0.25) is 5.91 Å². The van der Waals surface area contributed by atoms with Crippen molar-refractivity contribution in [1.82, 2.24) is 20.2 Å². The average Bonchev–Trinajstić information content (AvgIpc) is 3.23. The largest absolute Gasteiger partial charge is 0.447 e. The first kappa shape index (κ1) is 37.2. The van der Waals surface area contributed by atoms with Gasteiger partial charge in [-0.3, -0.25) is 19.1 Å². The number of alkyl carbamates (subject to hydrolysis) is 1. The zero-order chi connectivity index (χ0) is 32.9. The third-order valence-electron chi connectivity index (χ3n) is 6.85. The number of H-pyrrole nitrogens is 1. The van der Waals surface area contributed by atoms with E-state index in [1.54, 1.807) is 0 Å². The maximum absolute atomic E-state index is 15.2. The summed E-state index contributed by atoms with van der Waals surface area (Å²) in [7, 11) is 0. The summed E-state index contributed by atoms with van der Waals surface area (Å²) in [6.07, 6.45) is 23.7. The van der Waals surface area contributed by atoms with Crippen molar-refractivity contribution in [1.29, 1.82) is 0 Å². The lowest BCUT2D eigenvalue weighted by Gasteiger charge is -2.24. The van der Waals surface area contributed by atoms with Crippen molar-refractivity contribution in [3.05, 3.63) is 93.9 Å². The third-order valence-corrected chi connectivity index (χ3v) is 6.85. The van der Waals surface area contributed by atoms with Crippen molar-refractivity contribution in [2.24, 2.45) is 0 Å². The van der Waals surface area contributed by atoms with E-state index in [-0.39, 0.29) is 19.0 Å². The van der Waals surface area contributed by atoms with Gasteiger partial charge in [-0.25, -0.2) is 14.0 Å². The Morgan fingerprint density at radius 3 is 2.18 bits per heavy atom. The fourth-order valence-electron chi connectivity index (χ4n) is 4.38. The van der Waals surface area contributed by atoms with Crippen molar-refractivity contribution in [3.8, 4) is 0 Å². The molecule has 0 radical (unpaired) electrons. The molecule has 4 N–H and O–H groups in total. The van der Waals surface area contributed by atoms with Gasteiger partial charge < -0.3 is 25.2 Å². The monoisotopic (exact) mass is 630 g/mol. The van der Waals surface area contributed by atoms with Crippen LogP contribution in [-0.2, 0) is 14.3 Å². The number of allylic oxidation sites excluding steroid dienone is 10. The number of nitrogens with one attached hydrogen (secondary N) is 3. The summed E-state index contributed by atoms with van der Waals surface area (Å²) < 4.78 is 26.5. The summed E-state index contributed by atoms with van der Waals surface area (Å²) in [4.78, 5) is 49.3. The van der Waals surface area contributed by atoms with Gasteiger partial charge >= 0.3 is 11.8 Å². The Bertz CT molecular complexity index is 1310. The van der Waals surface area contributed by atoms with E-state index in [0.717, 1.165) is 62.3 Å². The number of halogens is 1. The van der Waals surface area contributed by atoms with Crippen LogP contribution in [0.25, 0.3) is 0 Å². The zero-order valence-corrected chi connectivity index (χ0v) is 26.2. The molecule has 2 amide bonds. The molecule has 0 aromatic carbocycles. The molecule has 1 saturated heterocycles. The van der Waals surface area contributed by atoms with Crippen LogP contribution in [0.5, 0.6) is 0 Å². The number of alkyl halides is 1. The number of rotatable bonds is 19. The average molecular weight is 631 g/mol. The van der Waals surface area contributed by atoms with E-state index in [4.69, 9.17) is 9.47 Å². The molecular formula is C33H47FN4O7. The van der Waals surface area contributed by atoms with Crippen LogP contribution >= 0.6 is 0 Å². The second-order valence-electron chi connectivity index (χ2n) is 10.6. The quantitative estimate of drug-likeness (QED) is 0.132. The van der Waals surface area contributed by atoms with Gasteiger partial charge in [-0.2, -0.15) is 0 Å². The number of nitrogens with zero attached hydrogens (tertiary/aromatic N) is 1. The number of aliphatic hydroxyl groups excluding tert-OH is 1. The summed E-state index contributed by atoms with van der Waals surface area (Å²) in [6.45, 7) is 2.99. The first-order valence-electron chi connectivity index (χ1n) is 15.4. The number of aromatic amines is 1. The van der Waals surface area contributed by atoms with Crippen LogP contribution in [0.4, 0.5) is 9.18 Å². The molecule has 0 bridgehead atoms. The van der Waals surface area contributed by atoms with Crippen LogP contribution in [0.2, 0.25) is 0 Å². The first-order valence-corrected chi connectivity index (χ1v) is 15.4. The standard InChI is InChI=1S/C33H47FN4O7/c1-3-4-5-6-7-8-9-10-11-12-13-14-15-16-17-18-19-20-27(39)35-22-23-36-32(43)44-25-26-29(41)33(2,34)30(45-26)38-24-21-28(40)37-31(38)42/h4-5,7-8,10-11,13-14,16-17,21,24,26,29-30,41H,3,6,9,12,15,18-20,22-23,25H2,1-2H3,(H,35,39)(H,36,43)(H,37,40,42)/b5-4-,8-7-,11-10-,14-13-,17-16-/t26-,29-,30-,33-/m1/s1. The minimum Gasteiger partial charge on any atom is -0.447 e. The van der Waals surface area contributed by atoms with E-state index in [2.05, 4.69) is 78.3 Å². The second-order valence-corrected chi connectivity index (χ2v) is 10.6. The lowest BCUT2D eigenvalue weighted by Crippen LogP contribution is -2.44. The molecule has 1 aromatic heterocycles. The molecule has 248 valence electrons. The van der Waals surface area contributed by atoms with Crippen LogP contribution in [0.1, 0.15) is 71.4 Å². The third kappa shape index (κ3) is 14.1. The Kier molecular flexibility index (Phi) is 17.2. The van der Waals surface area contributed by atoms with Gasteiger partial charge in [0, 0.05) is 31.8 Å². The second kappa shape index (κ2) is 20.8. The minimum absolute atomic E-state index is 0.101. The Balaban J connectivity index is 1.51. The highest BCUT2D eigenvalue weighted by molar-refractivity contribution is 5.75. The highest BCUT2D eigenvalue weighted by Gasteiger charge is 2.55. The predicted molar refractivity (Wildman–Crippen MR) is 171 cm³/mol. The summed E-state index contributed by atoms with van der Waals surface area (Å²) >= 11 is 0. The highest BCUT2D eigenvalue weighted by atomic mass is 19.1. The molecule has 2 heterocycles. The van der Waals surface area contributed by atoms with E-state index in [9.17, 15) is 24.3 Å². The fourth-order valence-corrected chi connectivity index (χ4v) is 4.38. The first-order chi connectivity index (χ1) is 21.7. The van der Waals surface area contributed by atoms with Crippen molar-refractivity contribution in [2.45, 2.75) is 89.3 Å². The fraction of sp³-hybridized carbons (Fsp3) is 0.515. The van der Waals surface area contributed by atoms with Crippen LogP contribution in [0.3, 0.4) is 0 Å². The number of amides is 2. The zero-order valence-electron chi connectivity index (χ0n) is 26.2. The summed E-state index contributed by atoms with van der Waals surface area (Å²) in [5.41, 5.74) is -3.96. The number of carbonyl (C=O) groups is 2. The topological polar surface area (TPSA) is 152 Å². The van der Waals surface area contributed by atoms with Gasteiger partial charge in [0.1, 0.15) is 18.8 Å². The number of hydrogen-bond acceptors (Lipinski definition) is 7. The maximum atomic E-state index is 15.2. The van der Waals surface area contributed by atoms with Gasteiger partial charge in [0.15, 0.2) is 11.9 Å². The van der Waals surface area contributed by atoms with E-state index >= 15 is 4.39 Å². The lowest BCUT2D eigenvalue weighted by molar-refractivity contribution is -0.121. The van der Waals surface area contributed by atoms with Crippen LogP contribution in [-0.4, -0.2) is 64.2 Å². The normalized spacial score (nSPS) is 22.0. The van der Waals surface area contributed by atoms with E-state index in [1.165, 1.54) is 0 Å². The Labute approximate surface area is 263 Å². The molecular weight excluding hydrogens is 583 g/mol. The molecule has 0 spiro atoms. The van der Waals surface area contributed by atoms with Gasteiger partial charge in [-0.05, 0) is 51.9 Å². The summed E-state index contributed by atoms with van der Waals surface area (Å²) in [5, 5.41) is 15.5. The van der Waals surface area contributed by atoms with Crippen molar-refractivity contribution < 1.29 is 28.6 Å². The molecule has 0 aliphatic carbocycles. The molecule has 1 aliphatic heterocycles. The summed E-state index contributed by atoms with van der Waals surface area (Å²) in [5.74, 6) is -0.134. The van der Waals surface area contributed by atoms with Crippen molar-refractivity contribution in [3.63, 3.8) is 0 Å². The predicted octanol–water partition coefficient (Wildman–Crippen LogP) is 4.29. The summed E-state index contributed by atoms with van der Waals surface area (Å²) in [6, 6.07) is 1.02. The number of aromatic nitrogens is 2. The van der Waals surface area contributed by atoms with Gasteiger partial charge in [0.05, 0.1) is 0 Å². The Morgan fingerprint density at radius 2 is 1.58 bits per heavy atom. The minimum atomic E-state index is -2.40. The molecule has 11 nitrogen and oxygen atoms in total. The van der Waals surface area contributed by atoms with E-state index < -0.39 is 48.1 Å². The molecule has 0 unspecified atom stereocenters. The van der Waals surface area contributed by atoms with Crippen molar-refractivity contribution >= 4 is 12.0 Å². The van der Waals surface area contributed by atoms with Crippen LogP contribution < -0.4 is 21.9 Å². The molecule has 0 saturated carbocycles. The number of hydrogen-bond donors (Lipinski definition) is 4. The molecule has 12 heteroatoms. The van der Waals surface area contributed by atoms with Gasteiger partial charge in [0.25, 0.3) is 5.56 Å². The smallest absolute Gasteiger partial charge is 0.407 e. The highest BCUT2D eigenvalue weighted by Crippen LogP contribution is 2.40. The molecule has 45 heavy (non-hydrogen) atoms. The molecule has 1 aromatic rings. The SMILES string of the molecule is CC/C=C\C/C=C\C/C=C\C/C=C\C/C=C\CCCC(=O)NCCNC(=O)OC[C@H]1O[C@@H](n2ccc(=O)[nH]c2=O)[C@](C)(F)[C@@H]1O. The molecule has 4 atom stereocenters. The number of aliphatic hydroxyl groups is 1. The van der Waals surface area contributed by atoms with Gasteiger partial charge in [-0.1, -0.05) is 67.7 Å². The van der Waals surface area contributed by atoms with Crippen LogP contribution in [0, 0.1) is 0 Å². The number of carbonyl (C=O) groups excluding carboxylic acids is 2. The van der Waals surface area contributed by atoms with Crippen LogP contribution in [0.15, 0.2) is 82.6 Å².